The third kappa shape index (κ3) is 2.90. The van der Waals surface area contributed by atoms with Crippen molar-refractivity contribution in [3.05, 3.63) is 17.3 Å². The molecule has 0 amide bonds. The van der Waals surface area contributed by atoms with Gasteiger partial charge in [0.1, 0.15) is 17.0 Å². The van der Waals surface area contributed by atoms with Crippen LogP contribution in [0.25, 0.3) is 10.2 Å². The zero-order valence-electron chi connectivity index (χ0n) is 13.1. The van der Waals surface area contributed by atoms with E-state index in [0.717, 1.165) is 17.1 Å². The van der Waals surface area contributed by atoms with Gasteiger partial charge in [-0.3, -0.25) is 0 Å². The summed E-state index contributed by atoms with van der Waals surface area (Å²) in [6.07, 6.45) is 7.75. The number of nitrogens with zero attached hydrogens (tertiary/aromatic N) is 3. The van der Waals surface area contributed by atoms with E-state index in [9.17, 15) is 0 Å². The van der Waals surface area contributed by atoms with Gasteiger partial charge < -0.3 is 10.2 Å². The summed E-state index contributed by atoms with van der Waals surface area (Å²) in [5, 5.41) is 4.62. The summed E-state index contributed by atoms with van der Waals surface area (Å²) in [6, 6.07) is 3.55. The van der Waals surface area contributed by atoms with Crippen molar-refractivity contribution in [1.29, 1.82) is 0 Å². The summed E-state index contributed by atoms with van der Waals surface area (Å²) < 4.78 is 0. The average Bonchev–Trinajstić information content (AvgIpc) is 2.97. The number of hydrogen-bond acceptors (Lipinski definition) is 5. The molecule has 0 aromatic carbocycles. The molecule has 1 N–H and O–H groups in total. The van der Waals surface area contributed by atoms with E-state index in [4.69, 9.17) is 0 Å². The van der Waals surface area contributed by atoms with Crippen molar-refractivity contribution in [2.75, 3.05) is 19.0 Å². The summed E-state index contributed by atoms with van der Waals surface area (Å²) in [5.74, 6) is 1.10. The smallest absolute Gasteiger partial charge is 0.140 e. The van der Waals surface area contributed by atoms with Gasteiger partial charge in [0, 0.05) is 24.0 Å². The predicted molar refractivity (Wildman–Crippen MR) is 90.3 cm³/mol. The number of rotatable bonds is 4. The van der Waals surface area contributed by atoms with Gasteiger partial charge in [0.25, 0.3) is 0 Å². The Morgan fingerprint density at radius 1 is 1.29 bits per heavy atom. The molecule has 1 fully saturated rings. The number of nitrogens with one attached hydrogen (secondary N) is 1. The molecule has 114 valence electrons. The number of anilines is 1. The van der Waals surface area contributed by atoms with Gasteiger partial charge in [0.2, 0.25) is 0 Å². The molecule has 5 heteroatoms. The number of fused-ring (bicyclic) bond motifs is 1. The first kappa shape index (κ1) is 14.7. The van der Waals surface area contributed by atoms with E-state index in [1.165, 1.54) is 35.9 Å². The van der Waals surface area contributed by atoms with Crippen molar-refractivity contribution in [2.24, 2.45) is 0 Å². The van der Waals surface area contributed by atoms with Crippen molar-refractivity contribution in [3.8, 4) is 0 Å². The Morgan fingerprint density at radius 3 is 2.71 bits per heavy atom. The van der Waals surface area contributed by atoms with Crippen LogP contribution in [0.5, 0.6) is 0 Å². The summed E-state index contributed by atoms with van der Waals surface area (Å²) in [5.41, 5.74) is 0. The van der Waals surface area contributed by atoms with Crippen molar-refractivity contribution in [1.82, 2.24) is 15.3 Å². The Morgan fingerprint density at radius 2 is 2.05 bits per heavy atom. The van der Waals surface area contributed by atoms with Gasteiger partial charge in [-0.2, -0.15) is 0 Å². The fourth-order valence-electron chi connectivity index (χ4n) is 3.27. The van der Waals surface area contributed by atoms with Crippen LogP contribution in [-0.4, -0.2) is 36.1 Å². The van der Waals surface area contributed by atoms with E-state index < -0.39 is 0 Å². The molecule has 2 aromatic heterocycles. The molecule has 0 aliphatic heterocycles. The van der Waals surface area contributed by atoms with E-state index in [2.05, 4.69) is 47.3 Å². The lowest BCUT2D eigenvalue weighted by Crippen LogP contribution is -2.40. The van der Waals surface area contributed by atoms with Crippen molar-refractivity contribution >= 4 is 27.4 Å². The summed E-state index contributed by atoms with van der Waals surface area (Å²) in [6.45, 7) is 2.19. The molecule has 2 aromatic rings. The molecule has 3 rings (SSSR count). The first-order chi connectivity index (χ1) is 10.2. The zero-order chi connectivity index (χ0) is 14.8. The van der Waals surface area contributed by atoms with Crippen molar-refractivity contribution < 1.29 is 0 Å². The molecular weight excluding hydrogens is 280 g/mol. The Kier molecular flexibility index (Phi) is 4.40. The normalized spacial score (nSPS) is 22.6. The largest absolute Gasteiger partial charge is 0.356 e. The molecular formula is C16H24N4S. The summed E-state index contributed by atoms with van der Waals surface area (Å²) in [7, 11) is 4.26. The van der Waals surface area contributed by atoms with Gasteiger partial charge >= 0.3 is 0 Å². The van der Waals surface area contributed by atoms with Gasteiger partial charge in [0.05, 0.1) is 5.39 Å². The Bertz CT molecular complexity index is 601. The maximum atomic E-state index is 4.57. The zero-order valence-corrected chi connectivity index (χ0v) is 13.9. The Balaban J connectivity index is 1.84. The van der Waals surface area contributed by atoms with Crippen molar-refractivity contribution in [3.63, 3.8) is 0 Å². The molecule has 0 atom stereocenters. The lowest BCUT2D eigenvalue weighted by atomic mass is 9.90. The van der Waals surface area contributed by atoms with Crippen LogP contribution in [0.15, 0.2) is 12.4 Å². The van der Waals surface area contributed by atoms with Crippen LogP contribution in [0.4, 0.5) is 5.82 Å². The molecule has 2 heterocycles. The molecule has 0 spiro atoms. The second-order valence-electron chi connectivity index (χ2n) is 5.89. The molecule has 0 radical (unpaired) electrons. The summed E-state index contributed by atoms with van der Waals surface area (Å²) in [4.78, 5) is 13.9. The van der Waals surface area contributed by atoms with E-state index in [0.29, 0.717) is 12.1 Å². The quantitative estimate of drug-likeness (QED) is 0.941. The molecule has 1 saturated carbocycles. The van der Waals surface area contributed by atoms with Gasteiger partial charge in [-0.15, -0.1) is 11.3 Å². The molecule has 0 saturated heterocycles. The van der Waals surface area contributed by atoms with Gasteiger partial charge in [-0.1, -0.05) is 6.92 Å². The molecule has 1 aliphatic carbocycles. The Labute approximate surface area is 130 Å². The number of hydrogen-bond donors (Lipinski definition) is 1. The predicted octanol–water partition coefficient (Wildman–Crippen LogP) is 3.22. The highest BCUT2D eigenvalue weighted by atomic mass is 32.1. The second-order valence-corrected chi connectivity index (χ2v) is 7.00. The van der Waals surface area contributed by atoms with Gasteiger partial charge in [0.15, 0.2) is 0 Å². The minimum absolute atomic E-state index is 0.595. The third-order valence-electron chi connectivity index (χ3n) is 4.69. The topological polar surface area (TPSA) is 41.0 Å². The number of aryl methyl sites for hydroxylation is 1. The fraction of sp³-hybridized carbons (Fsp3) is 0.625. The molecule has 4 nitrogen and oxygen atoms in total. The molecule has 0 unspecified atom stereocenters. The van der Waals surface area contributed by atoms with E-state index in [1.54, 1.807) is 17.7 Å². The van der Waals surface area contributed by atoms with Crippen LogP contribution in [0.1, 0.15) is 37.5 Å². The van der Waals surface area contributed by atoms with Crippen LogP contribution in [0.2, 0.25) is 0 Å². The maximum absolute atomic E-state index is 4.57. The van der Waals surface area contributed by atoms with E-state index >= 15 is 0 Å². The van der Waals surface area contributed by atoms with Crippen LogP contribution in [0, 0.1) is 0 Å². The average molecular weight is 304 g/mol. The van der Waals surface area contributed by atoms with Crippen LogP contribution >= 0.6 is 11.3 Å². The van der Waals surface area contributed by atoms with E-state index in [1.807, 2.05) is 0 Å². The van der Waals surface area contributed by atoms with Gasteiger partial charge in [-0.05, 0) is 45.2 Å². The molecule has 0 bridgehead atoms. The lowest BCUT2D eigenvalue weighted by molar-refractivity contribution is 0.351. The minimum Gasteiger partial charge on any atom is -0.356 e. The van der Waals surface area contributed by atoms with Crippen molar-refractivity contribution in [2.45, 2.75) is 51.1 Å². The number of thiophene rings is 1. The third-order valence-corrected chi connectivity index (χ3v) is 5.88. The van der Waals surface area contributed by atoms with Crippen LogP contribution in [0.3, 0.4) is 0 Å². The highest BCUT2D eigenvalue weighted by molar-refractivity contribution is 7.18. The Hall–Kier alpha value is -1.20. The standard InChI is InChI=1S/C16H24N4S/c1-4-13-9-14-15(18-10-19-16(14)21-13)20(3)12-7-5-11(17-2)6-8-12/h9-12,17H,4-8H2,1-3H3. The van der Waals surface area contributed by atoms with Crippen LogP contribution in [-0.2, 0) is 6.42 Å². The maximum Gasteiger partial charge on any atom is 0.140 e. The summed E-state index contributed by atoms with van der Waals surface area (Å²) >= 11 is 1.79. The number of aromatic nitrogens is 2. The van der Waals surface area contributed by atoms with Gasteiger partial charge in [-0.25, -0.2) is 9.97 Å². The van der Waals surface area contributed by atoms with E-state index in [-0.39, 0.29) is 0 Å². The SMILES string of the molecule is CCc1cc2c(N(C)C3CCC(NC)CC3)ncnc2s1. The fourth-order valence-corrected chi connectivity index (χ4v) is 4.20. The highest BCUT2D eigenvalue weighted by Crippen LogP contribution is 2.33. The molecule has 21 heavy (non-hydrogen) atoms. The second kappa shape index (κ2) is 6.28. The lowest BCUT2D eigenvalue weighted by Gasteiger charge is -2.35. The van der Waals surface area contributed by atoms with Crippen LogP contribution < -0.4 is 10.2 Å². The first-order valence-corrected chi connectivity index (χ1v) is 8.68. The minimum atomic E-state index is 0.595. The first-order valence-electron chi connectivity index (χ1n) is 7.86. The molecule has 1 aliphatic rings. The monoisotopic (exact) mass is 304 g/mol. The highest BCUT2D eigenvalue weighted by Gasteiger charge is 2.25.